The van der Waals surface area contributed by atoms with Gasteiger partial charge in [0.2, 0.25) is 11.9 Å². The summed E-state index contributed by atoms with van der Waals surface area (Å²) in [5.74, 6) is -0.802. The molecule has 0 unspecified atom stereocenters. The van der Waals surface area contributed by atoms with Gasteiger partial charge in [0.05, 0.1) is 12.8 Å². The molecule has 0 saturated heterocycles. The van der Waals surface area contributed by atoms with Gasteiger partial charge in [0.25, 0.3) is 0 Å². The molecule has 0 saturated carbocycles. The average molecular weight is 304 g/mol. The fourth-order valence-corrected chi connectivity index (χ4v) is 2.53. The molecule has 0 spiro atoms. The van der Waals surface area contributed by atoms with Crippen molar-refractivity contribution in [1.29, 1.82) is 0 Å². The van der Waals surface area contributed by atoms with Crippen LogP contribution in [0.15, 0.2) is 31.1 Å². The largest absolute Gasteiger partial charge is 0.465 e. The highest BCUT2D eigenvalue weighted by Gasteiger charge is 2.19. The van der Waals surface area contributed by atoms with Gasteiger partial charge in [-0.3, -0.25) is 4.79 Å². The van der Waals surface area contributed by atoms with E-state index in [2.05, 4.69) is 21.9 Å². The van der Waals surface area contributed by atoms with Crippen molar-refractivity contribution >= 4 is 34.8 Å². The highest BCUT2D eigenvalue weighted by molar-refractivity contribution is 7.18. The van der Waals surface area contributed by atoms with Gasteiger partial charge in [-0.25, -0.2) is 14.8 Å². The van der Waals surface area contributed by atoms with Crippen LogP contribution in [0.3, 0.4) is 0 Å². The molecule has 21 heavy (non-hydrogen) atoms. The van der Waals surface area contributed by atoms with Gasteiger partial charge in [0.15, 0.2) is 0 Å². The lowest BCUT2D eigenvalue weighted by Crippen LogP contribution is -2.10. The van der Waals surface area contributed by atoms with Crippen LogP contribution >= 0.6 is 11.3 Å². The lowest BCUT2D eigenvalue weighted by atomic mass is 10.2. The topological polar surface area (TPSA) is 107 Å². The Morgan fingerprint density at radius 2 is 2.10 bits per heavy atom. The Morgan fingerprint density at radius 3 is 2.67 bits per heavy atom. The number of thiophene rings is 1. The molecule has 7 nitrogen and oxygen atoms in total. The van der Waals surface area contributed by atoms with Gasteiger partial charge >= 0.3 is 5.97 Å². The zero-order chi connectivity index (χ0) is 15.4. The predicted octanol–water partition coefficient (Wildman–Crippen LogP) is 1.70. The van der Waals surface area contributed by atoms with E-state index in [0.717, 1.165) is 17.4 Å². The number of hydrogen-bond acceptors (Lipinski definition) is 7. The van der Waals surface area contributed by atoms with E-state index in [1.54, 1.807) is 6.07 Å². The van der Waals surface area contributed by atoms with Crippen molar-refractivity contribution in [3.63, 3.8) is 0 Å². The standard InChI is InChI=1S/C13H12N4O3S/c1-3-10(18)17-8-4-9(21-11(8)12(19)20-2)7-5-15-13(14)16-6-7/h3-6H,1H2,2H3,(H,17,18)(H2,14,15,16). The second kappa shape index (κ2) is 6.14. The number of amides is 1. The molecule has 1 amide bonds. The maximum atomic E-state index is 11.8. The summed E-state index contributed by atoms with van der Waals surface area (Å²) in [5.41, 5.74) is 6.46. The van der Waals surface area contributed by atoms with Crippen LogP contribution in [0, 0.1) is 0 Å². The third-order valence-corrected chi connectivity index (χ3v) is 3.67. The van der Waals surface area contributed by atoms with Gasteiger partial charge in [-0.15, -0.1) is 11.3 Å². The normalized spacial score (nSPS) is 9.95. The number of rotatable bonds is 4. The van der Waals surface area contributed by atoms with E-state index in [1.807, 2.05) is 0 Å². The minimum atomic E-state index is -0.540. The zero-order valence-corrected chi connectivity index (χ0v) is 11.9. The summed E-state index contributed by atoms with van der Waals surface area (Å²) in [7, 11) is 1.27. The van der Waals surface area contributed by atoms with Crippen molar-refractivity contribution in [2.45, 2.75) is 0 Å². The minimum Gasteiger partial charge on any atom is -0.465 e. The van der Waals surface area contributed by atoms with Crippen LogP contribution in [0.5, 0.6) is 0 Å². The number of nitrogen functional groups attached to an aromatic ring is 1. The smallest absolute Gasteiger partial charge is 0.350 e. The Kier molecular flexibility index (Phi) is 4.29. The van der Waals surface area contributed by atoms with E-state index in [-0.39, 0.29) is 10.8 Å². The Balaban J connectivity index is 2.44. The number of nitrogens with one attached hydrogen (secondary N) is 1. The van der Waals surface area contributed by atoms with E-state index in [4.69, 9.17) is 10.5 Å². The van der Waals surface area contributed by atoms with Crippen molar-refractivity contribution in [3.05, 3.63) is 36.0 Å². The third-order valence-electron chi connectivity index (χ3n) is 2.50. The fourth-order valence-electron chi connectivity index (χ4n) is 1.52. The molecule has 0 aliphatic rings. The number of ether oxygens (including phenoxy) is 1. The van der Waals surface area contributed by atoms with E-state index < -0.39 is 11.9 Å². The van der Waals surface area contributed by atoms with Crippen molar-refractivity contribution in [1.82, 2.24) is 9.97 Å². The highest BCUT2D eigenvalue weighted by Crippen LogP contribution is 2.34. The summed E-state index contributed by atoms with van der Waals surface area (Å²) in [6.07, 6.45) is 4.19. The van der Waals surface area contributed by atoms with Gasteiger partial charge in [-0.2, -0.15) is 0 Å². The monoisotopic (exact) mass is 304 g/mol. The minimum absolute atomic E-state index is 0.156. The molecule has 0 radical (unpaired) electrons. The van der Waals surface area contributed by atoms with E-state index in [1.165, 1.54) is 19.5 Å². The first-order chi connectivity index (χ1) is 10.0. The molecule has 0 fully saturated rings. The van der Waals surface area contributed by atoms with E-state index in [9.17, 15) is 9.59 Å². The van der Waals surface area contributed by atoms with E-state index >= 15 is 0 Å². The number of aromatic nitrogens is 2. The summed E-state index contributed by atoms with van der Waals surface area (Å²) < 4.78 is 4.70. The Bertz CT molecular complexity index is 694. The molecule has 0 aliphatic heterocycles. The summed E-state index contributed by atoms with van der Waals surface area (Å²) in [6, 6.07) is 1.65. The van der Waals surface area contributed by atoms with Crippen molar-refractivity contribution in [3.8, 4) is 10.4 Å². The van der Waals surface area contributed by atoms with Crippen LogP contribution in [-0.2, 0) is 9.53 Å². The Labute approximate surface area is 124 Å². The number of nitrogens with zero attached hydrogens (tertiary/aromatic N) is 2. The summed E-state index contributed by atoms with van der Waals surface area (Å²) in [4.78, 5) is 31.9. The number of hydrogen-bond donors (Lipinski definition) is 2. The summed E-state index contributed by atoms with van der Waals surface area (Å²) >= 11 is 1.16. The summed E-state index contributed by atoms with van der Waals surface area (Å²) in [5, 5.41) is 2.56. The molecular weight excluding hydrogens is 292 g/mol. The summed E-state index contributed by atoms with van der Waals surface area (Å²) in [6.45, 7) is 3.37. The fraction of sp³-hybridized carbons (Fsp3) is 0.0769. The molecule has 0 aliphatic carbocycles. The van der Waals surface area contributed by atoms with Crippen molar-refractivity contribution in [2.24, 2.45) is 0 Å². The molecule has 2 aromatic heterocycles. The van der Waals surface area contributed by atoms with Gasteiger partial charge in [0, 0.05) is 22.8 Å². The second-order valence-electron chi connectivity index (χ2n) is 3.87. The third kappa shape index (κ3) is 3.23. The molecule has 0 aromatic carbocycles. The average Bonchev–Trinajstić information content (AvgIpc) is 2.90. The molecule has 3 N–H and O–H groups in total. The van der Waals surface area contributed by atoms with Crippen LogP contribution in [-0.4, -0.2) is 29.0 Å². The molecule has 2 heterocycles. The number of methoxy groups -OCH3 is 1. The van der Waals surface area contributed by atoms with Gasteiger partial charge in [-0.1, -0.05) is 6.58 Å². The highest BCUT2D eigenvalue weighted by atomic mass is 32.1. The molecular formula is C13H12N4O3S. The van der Waals surface area contributed by atoms with Crippen LogP contribution in [0.25, 0.3) is 10.4 Å². The van der Waals surface area contributed by atoms with Gasteiger partial charge < -0.3 is 15.8 Å². The Morgan fingerprint density at radius 1 is 1.43 bits per heavy atom. The first-order valence-electron chi connectivity index (χ1n) is 5.78. The SMILES string of the molecule is C=CC(=O)Nc1cc(-c2cnc(N)nc2)sc1C(=O)OC. The first-order valence-corrected chi connectivity index (χ1v) is 6.60. The van der Waals surface area contributed by atoms with Crippen LogP contribution in [0.2, 0.25) is 0 Å². The Hall–Kier alpha value is -2.74. The van der Waals surface area contributed by atoms with Gasteiger partial charge in [-0.05, 0) is 12.1 Å². The predicted molar refractivity (Wildman–Crippen MR) is 79.9 cm³/mol. The molecule has 0 atom stereocenters. The second-order valence-corrected chi connectivity index (χ2v) is 4.92. The van der Waals surface area contributed by atoms with Crippen LogP contribution < -0.4 is 11.1 Å². The molecule has 0 bridgehead atoms. The van der Waals surface area contributed by atoms with Crippen LogP contribution in [0.1, 0.15) is 9.67 Å². The molecule has 108 valence electrons. The number of anilines is 2. The quantitative estimate of drug-likeness (QED) is 0.657. The zero-order valence-electron chi connectivity index (χ0n) is 11.1. The van der Waals surface area contributed by atoms with E-state index in [0.29, 0.717) is 16.1 Å². The maximum absolute atomic E-state index is 11.8. The number of nitrogens with two attached hydrogens (primary N) is 1. The first kappa shape index (κ1) is 14.7. The molecule has 2 rings (SSSR count). The number of esters is 1. The number of carbonyl (C=O) groups is 2. The lowest BCUT2D eigenvalue weighted by Gasteiger charge is -2.01. The molecule has 2 aromatic rings. The van der Waals surface area contributed by atoms with Crippen molar-refractivity contribution in [2.75, 3.05) is 18.2 Å². The van der Waals surface area contributed by atoms with Gasteiger partial charge in [0.1, 0.15) is 4.88 Å². The van der Waals surface area contributed by atoms with Crippen LogP contribution in [0.4, 0.5) is 11.6 Å². The maximum Gasteiger partial charge on any atom is 0.350 e. The number of carbonyl (C=O) groups excluding carboxylic acids is 2. The lowest BCUT2D eigenvalue weighted by molar-refractivity contribution is -0.111. The van der Waals surface area contributed by atoms with Crippen molar-refractivity contribution < 1.29 is 14.3 Å². The molecule has 8 heteroatoms.